The molecular weight excluding hydrogens is 224 g/mol. The molecule has 18 heavy (non-hydrogen) atoms. The van der Waals surface area contributed by atoms with Crippen molar-refractivity contribution in [3.8, 4) is 0 Å². The first-order chi connectivity index (χ1) is 8.70. The van der Waals surface area contributed by atoms with Gasteiger partial charge < -0.3 is 5.11 Å². The topological polar surface area (TPSA) is 37.3 Å². The van der Waals surface area contributed by atoms with Gasteiger partial charge in [0.25, 0.3) is 0 Å². The molecule has 2 aromatic carbocycles. The minimum atomic E-state index is -0.692. The first-order valence-corrected chi connectivity index (χ1v) is 6.41. The molecule has 0 amide bonds. The molecule has 1 aliphatic rings. The molecule has 0 unspecified atom stereocenters. The Labute approximate surface area is 106 Å². The van der Waals surface area contributed by atoms with Crippen molar-refractivity contribution in [3.05, 3.63) is 48.0 Å². The largest absolute Gasteiger partial charge is 0.481 e. The van der Waals surface area contributed by atoms with Crippen LogP contribution in [0.2, 0.25) is 0 Å². The Hall–Kier alpha value is -1.83. The van der Waals surface area contributed by atoms with Crippen LogP contribution in [-0.2, 0) is 10.2 Å². The second-order valence-corrected chi connectivity index (χ2v) is 5.27. The molecule has 1 aliphatic carbocycles. The zero-order valence-corrected chi connectivity index (χ0v) is 10.2. The lowest BCUT2D eigenvalue weighted by Crippen LogP contribution is -2.36. The minimum Gasteiger partial charge on any atom is -0.481 e. The number of benzene rings is 2. The van der Waals surface area contributed by atoms with E-state index in [9.17, 15) is 4.79 Å². The number of rotatable bonds is 3. The van der Waals surface area contributed by atoms with E-state index in [4.69, 9.17) is 5.11 Å². The van der Waals surface area contributed by atoms with E-state index in [1.54, 1.807) is 0 Å². The van der Waals surface area contributed by atoms with Gasteiger partial charge in [0.2, 0.25) is 0 Å². The molecule has 0 atom stereocenters. The number of hydrogen-bond acceptors (Lipinski definition) is 1. The smallest absolute Gasteiger partial charge is 0.304 e. The van der Waals surface area contributed by atoms with Crippen LogP contribution < -0.4 is 0 Å². The maximum Gasteiger partial charge on any atom is 0.304 e. The normalized spacial score (nSPS) is 17.3. The van der Waals surface area contributed by atoms with Crippen LogP contribution in [0.1, 0.15) is 31.2 Å². The molecule has 0 aliphatic heterocycles. The monoisotopic (exact) mass is 240 g/mol. The maximum atomic E-state index is 11.0. The third-order valence-corrected chi connectivity index (χ3v) is 4.16. The van der Waals surface area contributed by atoms with E-state index in [0.29, 0.717) is 0 Å². The molecule has 0 saturated heterocycles. The van der Waals surface area contributed by atoms with E-state index in [1.807, 2.05) is 12.1 Å². The highest BCUT2D eigenvalue weighted by Crippen LogP contribution is 2.47. The third kappa shape index (κ3) is 1.78. The van der Waals surface area contributed by atoms with Crippen LogP contribution in [0.5, 0.6) is 0 Å². The van der Waals surface area contributed by atoms with E-state index < -0.39 is 5.97 Å². The molecule has 0 radical (unpaired) electrons. The van der Waals surface area contributed by atoms with Gasteiger partial charge >= 0.3 is 5.97 Å². The predicted octanol–water partition coefficient (Wildman–Crippen LogP) is 3.74. The Morgan fingerprint density at radius 3 is 2.44 bits per heavy atom. The van der Waals surface area contributed by atoms with Gasteiger partial charge in [-0.2, -0.15) is 0 Å². The predicted molar refractivity (Wildman–Crippen MR) is 71.7 cm³/mol. The fourth-order valence-electron chi connectivity index (χ4n) is 2.98. The van der Waals surface area contributed by atoms with E-state index in [1.165, 1.54) is 16.3 Å². The fourth-order valence-corrected chi connectivity index (χ4v) is 2.98. The Morgan fingerprint density at radius 1 is 1.11 bits per heavy atom. The third-order valence-electron chi connectivity index (χ3n) is 4.16. The number of hydrogen-bond donors (Lipinski definition) is 1. The van der Waals surface area contributed by atoms with Crippen LogP contribution in [0.4, 0.5) is 0 Å². The van der Waals surface area contributed by atoms with Crippen molar-refractivity contribution < 1.29 is 9.90 Å². The summed E-state index contributed by atoms with van der Waals surface area (Å²) in [5, 5.41) is 11.5. The molecule has 0 bridgehead atoms. The van der Waals surface area contributed by atoms with Crippen LogP contribution in [0.15, 0.2) is 42.5 Å². The van der Waals surface area contributed by atoms with E-state index in [0.717, 1.165) is 19.3 Å². The van der Waals surface area contributed by atoms with E-state index in [2.05, 4.69) is 30.3 Å². The highest BCUT2D eigenvalue weighted by atomic mass is 16.4. The summed E-state index contributed by atoms with van der Waals surface area (Å²) in [6.07, 6.45) is 3.39. The second-order valence-electron chi connectivity index (χ2n) is 5.27. The quantitative estimate of drug-likeness (QED) is 0.887. The van der Waals surface area contributed by atoms with Crippen LogP contribution in [-0.4, -0.2) is 11.1 Å². The summed E-state index contributed by atoms with van der Waals surface area (Å²) in [7, 11) is 0. The molecule has 2 nitrogen and oxygen atoms in total. The molecule has 1 saturated carbocycles. The van der Waals surface area contributed by atoms with Gasteiger partial charge in [-0.15, -0.1) is 0 Å². The number of fused-ring (bicyclic) bond motifs is 1. The second kappa shape index (κ2) is 4.13. The zero-order chi connectivity index (χ0) is 12.6. The molecule has 0 heterocycles. The Kier molecular flexibility index (Phi) is 2.58. The highest BCUT2D eigenvalue weighted by Gasteiger charge is 2.40. The zero-order valence-electron chi connectivity index (χ0n) is 10.2. The molecule has 1 N–H and O–H groups in total. The summed E-state index contributed by atoms with van der Waals surface area (Å²) in [4.78, 5) is 11.0. The summed E-state index contributed by atoms with van der Waals surface area (Å²) in [6, 6.07) is 14.6. The standard InChI is InChI=1S/C16H16O2/c17-15(18)11-16(8-3-9-16)14-7-6-12-4-1-2-5-13(12)10-14/h1-2,4-7,10H,3,8-9,11H2,(H,17,18). The van der Waals surface area contributed by atoms with Gasteiger partial charge in [-0.25, -0.2) is 0 Å². The molecule has 2 heteroatoms. The van der Waals surface area contributed by atoms with Crippen molar-refractivity contribution in [2.45, 2.75) is 31.1 Å². The van der Waals surface area contributed by atoms with Gasteiger partial charge in [-0.3, -0.25) is 4.79 Å². The summed E-state index contributed by atoms with van der Waals surface area (Å²) >= 11 is 0. The van der Waals surface area contributed by atoms with E-state index in [-0.39, 0.29) is 11.8 Å². The van der Waals surface area contributed by atoms with Crippen LogP contribution in [0.25, 0.3) is 10.8 Å². The number of carboxylic acid groups (broad SMARTS) is 1. The van der Waals surface area contributed by atoms with Crippen LogP contribution in [0.3, 0.4) is 0 Å². The number of carboxylic acids is 1. The molecule has 3 rings (SSSR count). The molecule has 92 valence electrons. The van der Waals surface area contributed by atoms with Gasteiger partial charge in [0.05, 0.1) is 6.42 Å². The Morgan fingerprint density at radius 2 is 1.83 bits per heavy atom. The molecule has 1 fully saturated rings. The SMILES string of the molecule is O=C(O)CC1(c2ccc3ccccc3c2)CCC1. The first kappa shape index (κ1) is 11.3. The lowest BCUT2D eigenvalue weighted by molar-refractivity contribution is -0.139. The summed E-state index contributed by atoms with van der Waals surface area (Å²) in [6.45, 7) is 0. The lowest BCUT2D eigenvalue weighted by Gasteiger charge is -2.41. The minimum absolute atomic E-state index is 0.115. The number of carbonyl (C=O) groups is 1. The van der Waals surface area contributed by atoms with Gasteiger partial charge in [0.15, 0.2) is 0 Å². The van der Waals surface area contributed by atoms with Gasteiger partial charge in [-0.05, 0) is 29.2 Å². The average molecular weight is 240 g/mol. The van der Waals surface area contributed by atoms with Crippen molar-refractivity contribution in [3.63, 3.8) is 0 Å². The molecule has 2 aromatic rings. The molecular formula is C16H16O2. The fraction of sp³-hybridized carbons (Fsp3) is 0.312. The van der Waals surface area contributed by atoms with Crippen molar-refractivity contribution in [1.82, 2.24) is 0 Å². The van der Waals surface area contributed by atoms with Crippen molar-refractivity contribution in [2.75, 3.05) is 0 Å². The van der Waals surface area contributed by atoms with Crippen LogP contribution in [0, 0.1) is 0 Å². The lowest BCUT2D eigenvalue weighted by atomic mass is 9.62. The maximum absolute atomic E-state index is 11.0. The van der Waals surface area contributed by atoms with Crippen molar-refractivity contribution in [2.24, 2.45) is 0 Å². The first-order valence-electron chi connectivity index (χ1n) is 6.41. The van der Waals surface area contributed by atoms with Gasteiger partial charge in [-0.1, -0.05) is 48.9 Å². The van der Waals surface area contributed by atoms with E-state index >= 15 is 0 Å². The highest BCUT2D eigenvalue weighted by molar-refractivity contribution is 5.83. The molecule has 0 spiro atoms. The van der Waals surface area contributed by atoms with Gasteiger partial charge in [0.1, 0.15) is 0 Å². The van der Waals surface area contributed by atoms with Gasteiger partial charge in [0, 0.05) is 5.41 Å². The van der Waals surface area contributed by atoms with Crippen molar-refractivity contribution >= 4 is 16.7 Å². The van der Waals surface area contributed by atoms with Crippen LogP contribution >= 0.6 is 0 Å². The summed E-state index contributed by atoms with van der Waals surface area (Å²) < 4.78 is 0. The summed E-state index contributed by atoms with van der Waals surface area (Å²) in [5.41, 5.74) is 1.07. The molecule has 0 aromatic heterocycles. The summed E-state index contributed by atoms with van der Waals surface area (Å²) in [5.74, 6) is -0.692. The average Bonchev–Trinajstić information content (AvgIpc) is 2.33. The number of aliphatic carboxylic acids is 1. The Bertz CT molecular complexity index is 597. The van der Waals surface area contributed by atoms with Crippen molar-refractivity contribution in [1.29, 1.82) is 0 Å². The Balaban J connectivity index is 2.04.